The Balaban J connectivity index is 1.65. The normalized spacial score (nSPS) is 10.2. The number of halogens is 1. The number of amides is 1. The molecule has 1 aromatic heterocycles. The average molecular weight is 465 g/mol. The van der Waals surface area contributed by atoms with E-state index in [9.17, 15) is 4.79 Å². The molecule has 4 nitrogen and oxygen atoms in total. The van der Waals surface area contributed by atoms with Gasteiger partial charge in [0.05, 0.1) is 11.3 Å². The Morgan fingerprint density at radius 3 is 2.54 bits per heavy atom. The summed E-state index contributed by atoms with van der Waals surface area (Å²) in [4.78, 5) is 16.7. The predicted octanol–water partition coefficient (Wildman–Crippen LogP) is 4.54. The zero-order valence-corrected chi connectivity index (χ0v) is 16.1. The average Bonchev–Trinajstić information content (AvgIpc) is 3.04. The van der Waals surface area contributed by atoms with Crippen LogP contribution in [0.25, 0.3) is 11.3 Å². The highest BCUT2D eigenvalue weighted by Crippen LogP contribution is 2.24. The number of aromatic nitrogens is 1. The number of rotatable bonds is 3. The van der Waals surface area contributed by atoms with Crippen LogP contribution in [0.5, 0.6) is 0 Å². The Morgan fingerprint density at radius 2 is 1.79 bits per heavy atom. The monoisotopic (exact) mass is 465 g/mol. The van der Waals surface area contributed by atoms with Gasteiger partial charge in [-0.2, -0.15) is 0 Å². The molecule has 0 radical (unpaired) electrons. The maximum atomic E-state index is 12.2. The molecule has 0 saturated carbocycles. The molecule has 1 amide bonds. The fourth-order valence-electron chi connectivity index (χ4n) is 2.02. The first-order valence-corrected chi connectivity index (χ1v) is 9.38. The summed E-state index contributed by atoms with van der Waals surface area (Å²) in [6.07, 6.45) is 0. The minimum Gasteiger partial charge on any atom is -0.308 e. The number of carbonyl (C=O) groups excluding carboxylic acids is 1. The first-order chi connectivity index (χ1) is 11.6. The van der Waals surface area contributed by atoms with Crippen molar-refractivity contribution in [3.8, 4) is 11.3 Å². The lowest BCUT2D eigenvalue weighted by atomic mass is 10.2. The SMILES string of the molecule is O=C(NC(=S)Nc1nc(-c2ccccc2)cs1)c1ccccc1I. The van der Waals surface area contributed by atoms with Gasteiger partial charge in [-0.05, 0) is 46.9 Å². The van der Waals surface area contributed by atoms with Crippen molar-refractivity contribution in [3.63, 3.8) is 0 Å². The highest BCUT2D eigenvalue weighted by molar-refractivity contribution is 14.1. The maximum absolute atomic E-state index is 12.2. The van der Waals surface area contributed by atoms with Gasteiger partial charge in [0.1, 0.15) is 0 Å². The Bertz CT molecular complexity index is 880. The number of thiocarbonyl (C=S) groups is 1. The molecule has 1 heterocycles. The van der Waals surface area contributed by atoms with E-state index >= 15 is 0 Å². The van der Waals surface area contributed by atoms with Gasteiger partial charge in [0.2, 0.25) is 0 Å². The van der Waals surface area contributed by atoms with Gasteiger partial charge in [0.15, 0.2) is 10.2 Å². The van der Waals surface area contributed by atoms with Gasteiger partial charge in [0, 0.05) is 14.5 Å². The molecule has 0 aliphatic carbocycles. The molecule has 120 valence electrons. The van der Waals surface area contributed by atoms with Crippen molar-refractivity contribution < 1.29 is 4.79 Å². The zero-order valence-electron chi connectivity index (χ0n) is 12.3. The fourth-order valence-corrected chi connectivity index (χ4v) is 3.63. The number of hydrogen-bond donors (Lipinski definition) is 2. The van der Waals surface area contributed by atoms with E-state index in [1.807, 2.05) is 53.9 Å². The third-order valence-corrected chi connectivity index (χ3v) is 5.04. The highest BCUT2D eigenvalue weighted by Gasteiger charge is 2.12. The molecule has 0 spiro atoms. The Morgan fingerprint density at radius 1 is 1.08 bits per heavy atom. The summed E-state index contributed by atoms with van der Waals surface area (Å²) >= 11 is 8.76. The second-order valence-corrected chi connectivity index (χ2v) is 7.22. The molecular weight excluding hydrogens is 453 g/mol. The van der Waals surface area contributed by atoms with Gasteiger partial charge in [-0.1, -0.05) is 42.5 Å². The maximum Gasteiger partial charge on any atom is 0.258 e. The number of carbonyl (C=O) groups is 1. The van der Waals surface area contributed by atoms with E-state index in [0.29, 0.717) is 10.7 Å². The molecular formula is C17H12IN3OS2. The van der Waals surface area contributed by atoms with Gasteiger partial charge in [-0.3, -0.25) is 10.1 Å². The molecule has 24 heavy (non-hydrogen) atoms. The van der Waals surface area contributed by atoms with Crippen molar-refractivity contribution in [1.82, 2.24) is 10.3 Å². The highest BCUT2D eigenvalue weighted by atomic mass is 127. The van der Waals surface area contributed by atoms with Crippen molar-refractivity contribution in [2.75, 3.05) is 5.32 Å². The largest absolute Gasteiger partial charge is 0.308 e. The van der Waals surface area contributed by atoms with Gasteiger partial charge >= 0.3 is 0 Å². The van der Waals surface area contributed by atoms with Gasteiger partial charge in [-0.25, -0.2) is 4.98 Å². The van der Waals surface area contributed by atoms with E-state index in [0.717, 1.165) is 14.8 Å². The first-order valence-electron chi connectivity index (χ1n) is 7.01. The van der Waals surface area contributed by atoms with Crippen LogP contribution in [-0.4, -0.2) is 16.0 Å². The number of benzene rings is 2. The van der Waals surface area contributed by atoms with E-state index in [1.165, 1.54) is 11.3 Å². The van der Waals surface area contributed by atoms with E-state index in [-0.39, 0.29) is 11.0 Å². The van der Waals surface area contributed by atoms with Crippen LogP contribution in [0, 0.1) is 3.57 Å². The third kappa shape index (κ3) is 4.16. The topological polar surface area (TPSA) is 54.0 Å². The summed E-state index contributed by atoms with van der Waals surface area (Å²) in [5, 5.41) is 8.45. The molecule has 0 fully saturated rings. The van der Waals surface area contributed by atoms with Gasteiger partial charge in [0.25, 0.3) is 5.91 Å². The minimum absolute atomic E-state index is 0.230. The second kappa shape index (κ2) is 7.82. The van der Waals surface area contributed by atoms with Crippen LogP contribution >= 0.6 is 46.1 Å². The van der Waals surface area contributed by atoms with E-state index < -0.39 is 0 Å². The standard InChI is InChI=1S/C17H12IN3OS2/c18-13-9-5-4-8-12(13)15(22)20-16(23)21-17-19-14(10-24-17)11-6-2-1-3-7-11/h1-10H,(H2,19,20,21,22,23). The van der Waals surface area contributed by atoms with Gasteiger partial charge in [-0.15, -0.1) is 11.3 Å². The molecule has 0 aliphatic heterocycles. The van der Waals surface area contributed by atoms with E-state index in [2.05, 4.69) is 38.2 Å². The third-order valence-electron chi connectivity index (χ3n) is 3.14. The Hall–Kier alpha value is -1.84. The molecule has 2 N–H and O–H groups in total. The van der Waals surface area contributed by atoms with Crippen LogP contribution in [-0.2, 0) is 0 Å². The molecule has 3 rings (SSSR count). The van der Waals surface area contributed by atoms with Crippen LogP contribution in [0.15, 0.2) is 60.0 Å². The summed E-state index contributed by atoms with van der Waals surface area (Å²) in [6.45, 7) is 0. The van der Waals surface area contributed by atoms with E-state index in [1.54, 1.807) is 6.07 Å². The number of hydrogen-bond acceptors (Lipinski definition) is 4. The van der Waals surface area contributed by atoms with Crippen LogP contribution in [0.2, 0.25) is 0 Å². The number of nitrogens with one attached hydrogen (secondary N) is 2. The molecule has 2 aromatic carbocycles. The lowest BCUT2D eigenvalue weighted by Gasteiger charge is -2.08. The van der Waals surface area contributed by atoms with Crippen LogP contribution in [0.3, 0.4) is 0 Å². The van der Waals surface area contributed by atoms with Gasteiger partial charge < -0.3 is 5.32 Å². The second-order valence-electron chi connectivity index (χ2n) is 4.79. The fraction of sp³-hybridized carbons (Fsp3) is 0. The predicted molar refractivity (Wildman–Crippen MR) is 110 cm³/mol. The number of thiazole rings is 1. The molecule has 3 aromatic rings. The summed E-state index contributed by atoms with van der Waals surface area (Å²) in [7, 11) is 0. The Labute approximate surface area is 162 Å². The molecule has 0 atom stereocenters. The van der Waals surface area contributed by atoms with Crippen LogP contribution in [0.4, 0.5) is 5.13 Å². The molecule has 0 bridgehead atoms. The summed E-state index contributed by atoms with van der Waals surface area (Å²) < 4.78 is 0.871. The Kier molecular flexibility index (Phi) is 5.54. The zero-order chi connectivity index (χ0) is 16.9. The lowest BCUT2D eigenvalue weighted by molar-refractivity contribution is 0.0977. The van der Waals surface area contributed by atoms with Crippen molar-refractivity contribution in [1.29, 1.82) is 0 Å². The molecule has 0 aliphatic rings. The minimum atomic E-state index is -0.239. The number of nitrogens with zero attached hydrogens (tertiary/aromatic N) is 1. The van der Waals surface area contributed by atoms with Crippen LogP contribution < -0.4 is 10.6 Å². The van der Waals surface area contributed by atoms with Crippen molar-refractivity contribution in [2.24, 2.45) is 0 Å². The molecule has 7 heteroatoms. The van der Waals surface area contributed by atoms with Crippen molar-refractivity contribution in [3.05, 3.63) is 69.1 Å². The molecule has 0 unspecified atom stereocenters. The number of anilines is 1. The summed E-state index contributed by atoms with van der Waals surface area (Å²) in [5.74, 6) is -0.239. The lowest BCUT2D eigenvalue weighted by Crippen LogP contribution is -2.34. The van der Waals surface area contributed by atoms with Crippen LogP contribution in [0.1, 0.15) is 10.4 Å². The quantitative estimate of drug-likeness (QED) is 0.441. The smallest absolute Gasteiger partial charge is 0.258 e. The summed E-state index contributed by atoms with van der Waals surface area (Å²) in [5.41, 5.74) is 2.50. The van der Waals surface area contributed by atoms with Crippen molar-refractivity contribution in [2.45, 2.75) is 0 Å². The molecule has 0 saturated heterocycles. The van der Waals surface area contributed by atoms with E-state index in [4.69, 9.17) is 12.2 Å². The summed E-state index contributed by atoms with van der Waals surface area (Å²) in [6, 6.07) is 17.2. The first kappa shape index (κ1) is 17.0. The van der Waals surface area contributed by atoms with Crippen molar-refractivity contribution >= 4 is 62.3 Å².